The Bertz CT molecular complexity index is 466. The van der Waals surface area contributed by atoms with Crippen molar-refractivity contribution in [2.24, 2.45) is 0 Å². The fourth-order valence-electron chi connectivity index (χ4n) is 1.65. The van der Waals surface area contributed by atoms with Gasteiger partial charge in [-0.15, -0.1) is 0 Å². The summed E-state index contributed by atoms with van der Waals surface area (Å²) in [4.78, 5) is 0. The molecule has 0 aromatic heterocycles. The van der Waals surface area contributed by atoms with Gasteiger partial charge in [-0.25, -0.2) is 0 Å². The molecule has 0 saturated carbocycles. The largest absolute Gasteiger partial charge is 0.0843 e. The number of hydrogen-bond donors (Lipinski definition) is 0. The minimum absolute atomic E-state index is 0.669. The van der Waals surface area contributed by atoms with Crippen molar-refractivity contribution in [2.45, 2.75) is 13.3 Å². The van der Waals surface area contributed by atoms with E-state index in [1.54, 1.807) is 6.07 Å². The van der Waals surface area contributed by atoms with Gasteiger partial charge in [-0.3, -0.25) is 0 Å². The highest BCUT2D eigenvalue weighted by Crippen LogP contribution is 2.27. The maximum Gasteiger partial charge on any atom is 0.0426 e. The summed E-state index contributed by atoms with van der Waals surface area (Å²) in [5.74, 6) is 0. The quantitative estimate of drug-likeness (QED) is 0.686. The highest BCUT2D eigenvalue weighted by Gasteiger charge is 2.01. The molecule has 2 rings (SSSR count). The highest BCUT2D eigenvalue weighted by molar-refractivity contribution is 6.35. The summed E-state index contributed by atoms with van der Waals surface area (Å²) in [6.45, 7) is 2.14. The maximum absolute atomic E-state index is 5.97. The van der Waals surface area contributed by atoms with E-state index in [-0.39, 0.29) is 0 Å². The van der Waals surface area contributed by atoms with Crippen LogP contribution >= 0.6 is 23.2 Å². The minimum Gasteiger partial charge on any atom is -0.0843 e. The van der Waals surface area contributed by atoms with Crippen molar-refractivity contribution in [3.05, 3.63) is 58.1 Å². The molecule has 2 aromatic rings. The molecule has 0 aliphatic rings. The SMILES string of the molecule is CCc1ccc(-c2cc(Cl)cc(Cl)c2)cc1. The molecule has 0 unspecified atom stereocenters. The van der Waals surface area contributed by atoms with Crippen LogP contribution in [0.1, 0.15) is 12.5 Å². The third kappa shape index (κ3) is 2.58. The zero-order valence-corrected chi connectivity index (χ0v) is 10.5. The first-order chi connectivity index (χ1) is 7.69. The molecule has 0 spiro atoms. The number of aryl methyl sites for hydroxylation is 1. The summed E-state index contributed by atoms with van der Waals surface area (Å²) in [6, 6.07) is 14.0. The van der Waals surface area contributed by atoms with Gasteiger partial charge in [-0.1, -0.05) is 54.4 Å². The van der Waals surface area contributed by atoms with E-state index in [0.717, 1.165) is 17.5 Å². The monoisotopic (exact) mass is 250 g/mol. The van der Waals surface area contributed by atoms with E-state index in [9.17, 15) is 0 Å². The lowest BCUT2D eigenvalue weighted by Gasteiger charge is -2.04. The van der Waals surface area contributed by atoms with Crippen LogP contribution in [-0.4, -0.2) is 0 Å². The fourth-order valence-corrected chi connectivity index (χ4v) is 2.18. The van der Waals surface area contributed by atoms with Crippen LogP contribution in [0.4, 0.5) is 0 Å². The van der Waals surface area contributed by atoms with E-state index in [1.165, 1.54) is 5.56 Å². The van der Waals surface area contributed by atoms with Crippen LogP contribution in [0.5, 0.6) is 0 Å². The van der Waals surface area contributed by atoms with E-state index < -0.39 is 0 Å². The Hall–Kier alpha value is -0.980. The van der Waals surface area contributed by atoms with Gasteiger partial charge in [-0.05, 0) is 41.3 Å². The summed E-state index contributed by atoms with van der Waals surface area (Å²) in [6.07, 6.45) is 1.05. The van der Waals surface area contributed by atoms with E-state index >= 15 is 0 Å². The molecule has 2 aromatic carbocycles. The predicted octanol–water partition coefficient (Wildman–Crippen LogP) is 5.22. The van der Waals surface area contributed by atoms with Crippen molar-refractivity contribution in [3.8, 4) is 11.1 Å². The third-order valence-electron chi connectivity index (χ3n) is 2.56. The summed E-state index contributed by atoms with van der Waals surface area (Å²) >= 11 is 11.9. The van der Waals surface area contributed by atoms with Crippen LogP contribution in [0.2, 0.25) is 10.0 Å². The molecule has 0 aliphatic heterocycles. The van der Waals surface area contributed by atoms with Gasteiger partial charge in [0, 0.05) is 10.0 Å². The molecule has 0 fully saturated rings. The third-order valence-corrected chi connectivity index (χ3v) is 2.99. The first-order valence-corrected chi connectivity index (χ1v) is 6.00. The van der Waals surface area contributed by atoms with Gasteiger partial charge in [-0.2, -0.15) is 0 Å². The van der Waals surface area contributed by atoms with Crippen LogP contribution in [0.3, 0.4) is 0 Å². The predicted molar refractivity (Wildman–Crippen MR) is 71.3 cm³/mol. The summed E-state index contributed by atoms with van der Waals surface area (Å²) in [7, 11) is 0. The average molecular weight is 251 g/mol. The fraction of sp³-hybridized carbons (Fsp3) is 0.143. The van der Waals surface area contributed by atoms with Crippen LogP contribution in [0.15, 0.2) is 42.5 Å². The Labute approximate surface area is 106 Å². The molecule has 0 radical (unpaired) electrons. The molecule has 0 aliphatic carbocycles. The first-order valence-electron chi connectivity index (χ1n) is 5.24. The molecule has 16 heavy (non-hydrogen) atoms. The molecule has 0 atom stereocenters. The molecular formula is C14H12Cl2. The van der Waals surface area contributed by atoms with Gasteiger partial charge in [0.25, 0.3) is 0 Å². The van der Waals surface area contributed by atoms with Crippen molar-refractivity contribution >= 4 is 23.2 Å². The molecule has 0 saturated heterocycles. The topological polar surface area (TPSA) is 0 Å². The van der Waals surface area contributed by atoms with Crippen LogP contribution in [0.25, 0.3) is 11.1 Å². The van der Waals surface area contributed by atoms with E-state index in [2.05, 4.69) is 31.2 Å². The number of benzene rings is 2. The summed E-state index contributed by atoms with van der Waals surface area (Å²) < 4.78 is 0. The zero-order chi connectivity index (χ0) is 11.5. The van der Waals surface area contributed by atoms with Crippen molar-refractivity contribution < 1.29 is 0 Å². The smallest absolute Gasteiger partial charge is 0.0426 e. The van der Waals surface area contributed by atoms with Crippen LogP contribution < -0.4 is 0 Å². The van der Waals surface area contributed by atoms with Gasteiger partial charge in [0.2, 0.25) is 0 Å². The molecule has 0 nitrogen and oxygen atoms in total. The Morgan fingerprint density at radius 2 is 1.38 bits per heavy atom. The summed E-state index contributed by atoms with van der Waals surface area (Å²) in [5, 5.41) is 1.34. The van der Waals surface area contributed by atoms with E-state index in [1.807, 2.05) is 12.1 Å². The van der Waals surface area contributed by atoms with Crippen molar-refractivity contribution in [3.63, 3.8) is 0 Å². The molecule has 82 valence electrons. The Balaban J connectivity index is 2.42. The second-order valence-corrected chi connectivity index (χ2v) is 4.58. The normalized spacial score (nSPS) is 10.4. The molecule has 0 amide bonds. The van der Waals surface area contributed by atoms with E-state index in [4.69, 9.17) is 23.2 Å². The van der Waals surface area contributed by atoms with Crippen LogP contribution in [-0.2, 0) is 6.42 Å². The Morgan fingerprint density at radius 3 is 1.88 bits per heavy atom. The molecule has 0 heterocycles. The van der Waals surface area contributed by atoms with E-state index in [0.29, 0.717) is 10.0 Å². The standard InChI is InChI=1S/C14H12Cl2/c1-2-10-3-5-11(6-4-10)12-7-13(15)9-14(16)8-12/h3-9H,2H2,1H3. The lowest BCUT2D eigenvalue weighted by molar-refractivity contribution is 1.14. The lowest BCUT2D eigenvalue weighted by Crippen LogP contribution is -1.82. The summed E-state index contributed by atoms with van der Waals surface area (Å²) in [5.41, 5.74) is 3.53. The van der Waals surface area contributed by atoms with Gasteiger partial charge < -0.3 is 0 Å². The lowest BCUT2D eigenvalue weighted by atomic mass is 10.0. The van der Waals surface area contributed by atoms with Crippen LogP contribution in [0, 0.1) is 0 Å². The maximum atomic E-state index is 5.97. The second-order valence-electron chi connectivity index (χ2n) is 3.71. The highest BCUT2D eigenvalue weighted by atomic mass is 35.5. The Kier molecular flexibility index (Phi) is 3.52. The number of hydrogen-bond acceptors (Lipinski definition) is 0. The number of halogens is 2. The van der Waals surface area contributed by atoms with Gasteiger partial charge >= 0.3 is 0 Å². The number of rotatable bonds is 2. The molecular weight excluding hydrogens is 239 g/mol. The Morgan fingerprint density at radius 1 is 0.812 bits per heavy atom. The first kappa shape index (κ1) is 11.5. The van der Waals surface area contributed by atoms with Crippen molar-refractivity contribution in [1.29, 1.82) is 0 Å². The molecule has 2 heteroatoms. The van der Waals surface area contributed by atoms with Crippen molar-refractivity contribution in [2.75, 3.05) is 0 Å². The second kappa shape index (κ2) is 4.90. The average Bonchev–Trinajstić information content (AvgIpc) is 2.28. The van der Waals surface area contributed by atoms with Gasteiger partial charge in [0.05, 0.1) is 0 Å². The molecule has 0 N–H and O–H groups in total. The molecule has 0 bridgehead atoms. The minimum atomic E-state index is 0.669. The van der Waals surface area contributed by atoms with Gasteiger partial charge in [0.1, 0.15) is 0 Å². The van der Waals surface area contributed by atoms with Gasteiger partial charge in [0.15, 0.2) is 0 Å². The zero-order valence-electron chi connectivity index (χ0n) is 9.00. The van der Waals surface area contributed by atoms with Crippen molar-refractivity contribution in [1.82, 2.24) is 0 Å².